The zero-order chi connectivity index (χ0) is 15.6. The van der Waals surface area contributed by atoms with E-state index in [1.165, 1.54) is 0 Å². The Bertz CT molecular complexity index is 648. The molecule has 2 heterocycles. The van der Waals surface area contributed by atoms with Crippen LogP contribution in [-0.4, -0.2) is 26.3 Å². The minimum atomic E-state index is 0.747. The number of hydrogen-bond donors (Lipinski definition) is 1. The molecule has 114 valence electrons. The van der Waals surface area contributed by atoms with E-state index in [2.05, 4.69) is 40.2 Å². The summed E-state index contributed by atoms with van der Waals surface area (Å²) in [6.07, 6.45) is 1.91. The maximum absolute atomic E-state index is 4.71. The largest absolute Gasteiger partial charge is 0.369 e. The maximum atomic E-state index is 4.71. The van der Waals surface area contributed by atoms with Crippen molar-refractivity contribution in [1.82, 2.24) is 19.7 Å². The van der Waals surface area contributed by atoms with E-state index < -0.39 is 0 Å². The molecular formula is C15H22BrN5. The third-order valence-corrected chi connectivity index (χ3v) is 4.36. The first-order chi connectivity index (χ1) is 9.99. The van der Waals surface area contributed by atoms with E-state index in [-0.39, 0.29) is 0 Å². The van der Waals surface area contributed by atoms with Crippen LogP contribution in [0.4, 0.5) is 5.82 Å². The van der Waals surface area contributed by atoms with Crippen LogP contribution < -0.4 is 5.32 Å². The summed E-state index contributed by atoms with van der Waals surface area (Å²) in [5.41, 5.74) is 4.08. The summed E-state index contributed by atoms with van der Waals surface area (Å²) in [5.74, 6) is 1.61. The van der Waals surface area contributed by atoms with Gasteiger partial charge in [0.25, 0.3) is 0 Å². The summed E-state index contributed by atoms with van der Waals surface area (Å²) in [4.78, 5) is 9.41. The molecule has 0 radical (unpaired) electrons. The standard InChI is InChI=1S/C15H22BrN5/c1-6-8-17-15-13(16)11(7-2)18-14(19-15)12-9(3)20-21(5)10(12)4/h6-8H2,1-5H3,(H,17,18,19). The topological polar surface area (TPSA) is 55.6 Å². The normalized spacial score (nSPS) is 11.0. The number of anilines is 1. The molecule has 0 amide bonds. The SMILES string of the molecule is CCCNc1nc(-c2c(C)nn(C)c2C)nc(CC)c1Br. The van der Waals surface area contributed by atoms with Gasteiger partial charge in [0.2, 0.25) is 0 Å². The van der Waals surface area contributed by atoms with E-state index in [4.69, 9.17) is 9.97 Å². The van der Waals surface area contributed by atoms with E-state index in [0.29, 0.717) is 0 Å². The van der Waals surface area contributed by atoms with Crippen LogP contribution in [-0.2, 0) is 13.5 Å². The number of aromatic nitrogens is 4. The molecule has 1 N–H and O–H groups in total. The molecule has 0 bridgehead atoms. The summed E-state index contributed by atoms with van der Waals surface area (Å²) >= 11 is 3.61. The quantitative estimate of drug-likeness (QED) is 0.893. The summed E-state index contributed by atoms with van der Waals surface area (Å²) in [6.45, 7) is 9.18. The molecule has 0 aliphatic heterocycles. The highest BCUT2D eigenvalue weighted by Crippen LogP contribution is 2.30. The second-order valence-corrected chi connectivity index (χ2v) is 5.90. The van der Waals surface area contributed by atoms with Crippen molar-refractivity contribution in [2.45, 2.75) is 40.5 Å². The van der Waals surface area contributed by atoms with Crippen molar-refractivity contribution in [1.29, 1.82) is 0 Å². The fourth-order valence-electron chi connectivity index (χ4n) is 2.30. The van der Waals surface area contributed by atoms with Crippen molar-refractivity contribution < 1.29 is 0 Å². The van der Waals surface area contributed by atoms with Crippen molar-refractivity contribution in [2.75, 3.05) is 11.9 Å². The molecule has 0 aliphatic carbocycles. The number of rotatable bonds is 5. The summed E-state index contributed by atoms with van der Waals surface area (Å²) in [7, 11) is 1.95. The van der Waals surface area contributed by atoms with E-state index in [0.717, 1.165) is 58.1 Å². The number of aryl methyl sites for hydroxylation is 3. The summed E-state index contributed by atoms with van der Waals surface area (Å²) < 4.78 is 2.84. The molecular weight excluding hydrogens is 330 g/mol. The lowest BCUT2D eigenvalue weighted by Crippen LogP contribution is -2.07. The van der Waals surface area contributed by atoms with Gasteiger partial charge in [0, 0.05) is 19.3 Å². The molecule has 0 unspecified atom stereocenters. The zero-order valence-electron chi connectivity index (χ0n) is 13.3. The molecule has 0 aliphatic rings. The molecule has 2 aromatic heterocycles. The van der Waals surface area contributed by atoms with Gasteiger partial charge >= 0.3 is 0 Å². The first-order valence-corrected chi connectivity index (χ1v) is 8.09. The van der Waals surface area contributed by atoms with Crippen molar-refractivity contribution in [3.8, 4) is 11.4 Å². The Labute approximate surface area is 134 Å². The molecule has 6 heteroatoms. The third kappa shape index (κ3) is 3.10. The van der Waals surface area contributed by atoms with Crippen LogP contribution in [0.3, 0.4) is 0 Å². The van der Waals surface area contributed by atoms with Gasteiger partial charge in [0.15, 0.2) is 5.82 Å². The Hall–Kier alpha value is -1.43. The monoisotopic (exact) mass is 351 g/mol. The number of nitrogens with zero attached hydrogens (tertiary/aromatic N) is 4. The molecule has 0 spiro atoms. The van der Waals surface area contributed by atoms with Crippen LogP contribution in [0.25, 0.3) is 11.4 Å². The number of halogens is 1. The highest BCUT2D eigenvalue weighted by atomic mass is 79.9. The van der Waals surface area contributed by atoms with Gasteiger partial charge in [-0.05, 0) is 42.6 Å². The maximum Gasteiger partial charge on any atom is 0.165 e. The van der Waals surface area contributed by atoms with Gasteiger partial charge in [-0.15, -0.1) is 0 Å². The predicted octanol–water partition coefficient (Wildman–Crippen LogP) is 3.64. The Balaban J connectivity index is 2.58. The van der Waals surface area contributed by atoms with Crippen molar-refractivity contribution in [3.63, 3.8) is 0 Å². The Morgan fingerprint density at radius 1 is 1.19 bits per heavy atom. The Kier molecular flexibility index (Phi) is 4.98. The molecule has 21 heavy (non-hydrogen) atoms. The average Bonchev–Trinajstić information content (AvgIpc) is 2.71. The van der Waals surface area contributed by atoms with Crippen LogP contribution in [0.15, 0.2) is 4.47 Å². The lowest BCUT2D eigenvalue weighted by molar-refractivity contribution is 0.731. The van der Waals surface area contributed by atoms with E-state index in [1.54, 1.807) is 0 Å². The van der Waals surface area contributed by atoms with Gasteiger partial charge in [0.05, 0.1) is 21.4 Å². The minimum Gasteiger partial charge on any atom is -0.369 e. The Morgan fingerprint density at radius 3 is 2.43 bits per heavy atom. The molecule has 5 nitrogen and oxygen atoms in total. The molecule has 0 saturated heterocycles. The van der Waals surface area contributed by atoms with E-state index in [1.807, 2.05) is 25.6 Å². The van der Waals surface area contributed by atoms with Crippen molar-refractivity contribution >= 4 is 21.7 Å². The Morgan fingerprint density at radius 2 is 1.90 bits per heavy atom. The molecule has 0 saturated carbocycles. The lowest BCUT2D eigenvalue weighted by atomic mass is 10.1. The van der Waals surface area contributed by atoms with Crippen molar-refractivity contribution in [2.24, 2.45) is 7.05 Å². The van der Waals surface area contributed by atoms with Crippen LogP contribution in [0.1, 0.15) is 37.4 Å². The van der Waals surface area contributed by atoms with Gasteiger partial charge in [0.1, 0.15) is 5.82 Å². The number of hydrogen-bond acceptors (Lipinski definition) is 4. The van der Waals surface area contributed by atoms with E-state index in [9.17, 15) is 0 Å². The lowest BCUT2D eigenvalue weighted by Gasteiger charge is -2.12. The van der Waals surface area contributed by atoms with Crippen LogP contribution in [0.2, 0.25) is 0 Å². The van der Waals surface area contributed by atoms with Gasteiger partial charge in [-0.3, -0.25) is 4.68 Å². The first-order valence-electron chi connectivity index (χ1n) is 7.30. The average molecular weight is 352 g/mol. The predicted molar refractivity (Wildman–Crippen MR) is 89.6 cm³/mol. The molecule has 2 rings (SSSR count). The van der Waals surface area contributed by atoms with Crippen LogP contribution >= 0.6 is 15.9 Å². The first kappa shape index (κ1) is 15.9. The van der Waals surface area contributed by atoms with Crippen LogP contribution in [0.5, 0.6) is 0 Å². The highest BCUT2D eigenvalue weighted by Gasteiger charge is 2.18. The highest BCUT2D eigenvalue weighted by molar-refractivity contribution is 9.10. The van der Waals surface area contributed by atoms with Gasteiger partial charge < -0.3 is 5.32 Å². The summed E-state index contributed by atoms with van der Waals surface area (Å²) in [6, 6.07) is 0. The van der Waals surface area contributed by atoms with Crippen LogP contribution in [0, 0.1) is 13.8 Å². The molecule has 0 fully saturated rings. The minimum absolute atomic E-state index is 0.747. The van der Waals surface area contributed by atoms with Gasteiger partial charge in [-0.1, -0.05) is 13.8 Å². The fourth-order valence-corrected chi connectivity index (χ4v) is 2.90. The van der Waals surface area contributed by atoms with Crippen molar-refractivity contribution in [3.05, 3.63) is 21.6 Å². The zero-order valence-corrected chi connectivity index (χ0v) is 14.9. The third-order valence-electron chi connectivity index (χ3n) is 3.53. The number of nitrogens with one attached hydrogen (secondary N) is 1. The molecule has 2 aromatic rings. The van der Waals surface area contributed by atoms with Gasteiger partial charge in [-0.25, -0.2) is 9.97 Å². The second-order valence-electron chi connectivity index (χ2n) is 5.11. The van der Waals surface area contributed by atoms with Gasteiger partial charge in [-0.2, -0.15) is 5.10 Å². The fraction of sp³-hybridized carbons (Fsp3) is 0.533. The second kappa shape index (κ2) is 6.56. The molecule has 0 atom stereocenters. The van der Waals surface area contributed by atoms with E-state index >= 15 is 0 Å². The molecule has 0 aromatic carbocycles. The smallest absolute Gasteiger partial charge is 0.165 e. The summed E-state index contributed by atoms with van der Waals surface area (Å²) in [5, 5.41) is 7.83.